The molecule has 37 heavy (non-hydrogen) atoms. The van der Waals surface area contributed by atoms with Crippen molar-refractivity contribution < 1.29 is 9.53 Å². The van der Waals surface area contributed by atoms with E-state index in [1.165, 1.54) is 11.1 Å². The molecule has 0 saturated carbocycles. The largest absolute Gasteiger partial charge is 0.379 e. The van der Waals surface area contributed by atoms with Gasteiger partial charge in [0, 0.05) is 31.7 Å². The number of rotatable bonds is 6. The summed E-state index contributed by atoms with van der Waals surface area (Å²) in [7, 11) is 0. The highest BCUT2D eigenvalue weighted by molar-refractivity contribution is 5.98. The van der Waals surface area contributed by atoms with Crippen LogP contribution in [0.25, 0.3) is 11.3 Å². The van der Waals surface area contributed by atoms with E-state index in [9.17, 15) is 4.79 Å². The molecule has 0 bridgehead atoms. The van der Waals surface area contributed by atoms with Crippen molar-refractivity contribution in [1.29, 1.82) is 0 Å². The molecule has 0 radical (unpaired) electrons. The Bertz CT molecular complexity index is 1260. The van der Waals surface area contributed by atoms with Crippen molar-refractivity contribution in [3.05, 3.63) is 82.9 Å². The number of morpholine rings is 1. The zero-order valence-corrected chi connectivity index (χ0v) is 22.5. The molecule has 3 aromatic rings. The summed E-state index contributed by atoms with van der Waals surface area (Å²) in [6.45, 7) is 12.3. The van der Waals surface area contributed by atoms with Crippen LogP contribution in [0.3, 0.4) is 0 Å². The fourth-order valence-corrected chi connectivity index (χ4v) is 5.37. The number of pyridine rings is 1. The smallest absolute Gasteiger partial charge is 0.170 e. The average molecular weight is 499 g/mol. The van der Waals surface area contributed by atoms with E-state index in [4.69, 9.17) is 9.72 Å². The van der Waals surface area contributed by atoms with Crippen molar-refractivity contribution in [2.45, 2.75) is 64.8 Å². The van der Waals surface area contributed by atoms with Gasteiger partial charge in [0.1, 0.15) is 0 Å². The molecule has 2 aromatic heterocycles. The van der Waals surface area contributed by atoms with Gasteiger partial charge in [-0.25, -0.2) is 4.68 Å². The minimum absolute atomic E-state index is 0.0647. The fourth-order valence-electron chi connectivity index (χ4n) is 5.37. The second-order valence-corrected chi connectivity index (χ2v) is 11.3. The number of allylic oxidation sites excluding steroid dienone is 1. The Morgan fingerprint density at radius 2 is 1.81 bits per heavy atom. The van der Waals surface area contributed by atoms with Gasteiger partial charge in [-0.3, -0.25) is 14.7 Å². The van der Waals surface area contributed by atoms with Gasteiger partial charge in [0.25, 0.3) is 0 Å². The number of carbonyl (C=O) groups excluding carboxylic acids is 1. The second-order valence-electron chi connectivity index (χ2n) is 11.3. The highest BCUT2D eigenvalue weighted by Gasteiger charge is 2.24. The zero-order valence-electron chi connectivity index (χ0n) is 22.5. The average Bonchev–Trinajstić information content (AvgIpc) is 3.30. The molecule has 1 saturated heterocycles. The van der Waals surface area contributed by atoms with E-state index in [-0.39, 0.29) is 11.2 Å². The summed E-state index contributed by atoms with van der Waals surface area (Å²) in [5.41, 5.74) is 7.13. The lowest BCUT2D eigenvalue weighted by Crippen LogP contribution is -2.43. The number of aromatic nitrogens is 3. The first kappa shape index (κ1) is 25.6. The molecular weight excluding hydrogens is 460 g/mol. The van der Waals surface area contributed by atoms with Crippen LogP contribution < -0.4 is 0 Å². The number of Topliss-reactive ketones (excluding diaryl/α,β-unsaturated/α-hetero) is 1. The molecule has 1 fully saturated rings. The molecule has 194 valence electrons. The lowest BCUT2D eigenvalue weighted by Gasteiger charge is -2.36. The first-order valence-electron chi connectivity index (χ1n) is 13.4. The number of hydrogen-bond acceptors (Lipinski definition) is 5. The summed E-state index contributed by atoms with van der Waals surface area (Å²) >= 11 is 0. The summed E-state index contributed by atoms with van der Waals surface area (Å²) in [6, 6.07) is 13.1. The highest BCUT2D eigenvalue weighted by atomic mass is 16.5. The standard InChI is InChI=1S/C31H38N4O2/c1-22-28(21-33-35(22)27-12-8-25(9-13-27)31(2,3)4)30(36)19-23-5-14-29(32-20-23)24-6-10-26(11-7-24)34-15-17-37-18-16-34/h5-6,8-9,12-14,20-21,26H,7,10-11,15-19H2,1-4H3. The topological polar surface area (TPSA) is 60.3 Å². The number of nitrogens with zero attached hydrogens (tertiary/aromatic N) is 4. The predicted molar refractivity (Wildman–Crippen MR) is 147 cm³/mol. The van der Waals surface area contributed by atoms with Gasteiger partial charge in [-0.05, 0) is 66.5 Å². The van der Waals surface area contributed by atoms with Crippen molar-refractivity contribution in [3.63, 3.8) is 0 Å². The first-order valence-corrected chi connectivity index (χ1v) is 13.4. The van der Waals surface area contributed by atoms with Crippen LogP contribution in [0.4, 0.5) is 0 Å². The predicted octanol–water partition coefficient (Wildman–Crippen LogP) is 5.57. The van der Waals surface area contributed by atoms with E-state index in [0.717, 1.165) is 68.2 Å². The molecule has 1 aliphatic carbocycles. The third-order valence-corrected chi connectivity index (χ3v) is 7.75. The maximum Gasteiger partial charge on any atom is 0.170 e. The minimum atomic E-state index is 0.0647. The van der Waals surface area contributed by atoms with E-state index in [1.54, 1.807) is 6.20 Å². The number of ether oxygens (including phenoxy) is 1. The number of benzene rings is 1. The van der Waals surface area contributed by atoms with Crippen LogP contribution in [0.15, 0.2) is 54.9 Å². The molecule has 0 spiro atoms. The Hall–Kier alpha value is -3.09. The summed E-state index contributed by atoms with van der Waals surface area (Å²) in [5, 5.41) is 4.52. The van der Waals surface area contributed by atoms with Crippen LogP contribution >= 0.6 is 0 Å². The molecular formula is C31H38N4O2. The van der Waals surface area contributed by atoms with Gasteiger partial charge in [0.05, 0.1) is 42.0 Å². The van der Waals surface area contributed by atoms with Crippen LogP contribution in [0.2, 0.25) is 0 Å². The molecule has 6 heteroatoms. The second kappa shape index (κ2) is 10.7. The molecule has 1 atom stereocenters. The maximum atomic E-state index is 13.1. The van der Waals surface area contributed by atoms with E-state index in [0.29, 0.717) is 18.0 Å². The molecule has 6 nitrogen and oxygen atoms in total. The highest BCUT2D eigenvalue weighted by Crippen LogP contribution is 2.29. The van der Waals surface area contributed by atoms with E-state index >= 15 is 0 Å². The Labute approximate surface area is 220 Å². The Morgan fingerprint density at radius 3 is 2.43 bits per heavy atom. The van der Waals surface area contributed by atoms with Crippen LogP contribution in [0.1, 0.15) is 72.9 Å². The third kappa shape index (κ3) is 5.76. The molecule has 1 aliphatic heterocycles. The minimum Gasteiger partial charge on any atom is -0.379 e. The normalized spacial score (nSPS) is 19.0. The van der Waals surface area contributed by atoms with Gasteiger partial charge in [-0.15, -0.1) is 0 Å². The Balaban J connectivity index is 1.22. The third-order valence-electron chi connectivity index (χ3n) is 7.75. The van der Waals surface area contributed by atoms with Gasteiger partial charge in [0.2, 0.25) is 0 Å². The SMILES string of the molecule is Cc1c(C(=O)Cc2ccc(C3=CCC(N4CCOCC4)CC3)nc2)cnn1-c1ccc(C(C)(C)C)cc1. The van der Waals surface area contributed by atoms with E-state index in [1.807, 2.05) is 23.9 Å². The van der Waals surface area contributed by atoms with Gasteiger partial charge in [-0.2, -0.15) is 5.10 Å². The molecule has 0 N–H and O–H groups in total. The van der Waals surface area contributed by atoms with Crippen molar-refractivity contribution >= 4 is 11.4 Å². The van der Waals surface area contributed by atoms with Crippen molar-refractivity contribution in [2.75, 3.05) is 26.3 Å². The zero-order chi connectivity index (χ0) is 26.0. The molecule has 1 aromatic carbocycles. The van der Waals surface area contributed by atoms with Crippen LogP contribution in [-0.4, -0.2) is 57.8 Å². The van der Waals surface area contributed by atoms with Gasteiger partial charge < -0.3 is 4.74 Å². The van der Waals surface area contributed by atoms with Crippen molar-refractivity contribution in [3.8, 4) is 5.69 Å². The van der Waals surface area contributed by atoms with Gasteiger partial charge in [0.15, 0.2) is 5.78 Å². The summed E-state index contributed by atoms with van der Waals surface area (Å²) in [6.07, 6.45) is 9.49. The van der Waals surface area contributed by atoms with Crippen molar-refractivity contribution in [1.82, 2.24) is 19.7 Å². The van der Waals surface area contributed by atoms with E-state index in [2.05, 4.69) is 67.2 Å². The lowest BCUT2D eigenvalue weighted by molar-refractivity contribution is 0.0150. The van der Waals surface area contributed by atoms with Crippen LogP contribution in [0.5, 0.6) is 0 Å². The van der Waals surface area contributed by atoms with Gasteiger partial charge >= 0.3 is 0 Å². The van der Waals surface area contributed by atoms with E-state index < -0.39 is 0 Å². The Kier molecular flexibility index (Phi) is 7.40. The Morgan fingerprint density at radius 1 is 1.05 bits per heavy atom. The lowest BCUT2D eigenvalue weighted by atomic mass is 9.87. The molecule has 2 aliphatic rings. The monoisotopic (exact) mass is 498 g/mol. The summed E-state index contributed by atoms with van der Waals surface area (Å²) in [4.78, 5) is 20.4. The number of carbonyl (C=O) groups is 1. The van der Waals surface area contributed by atoms with Crippen molar-refractivity contribution in [2.24, 2.45) is 0 Å². The first-order chi connectivity index (χ1) is 17.8. The van der Waals surface area contributed by atoms with Crippen LogP contribution in [-0.2, 0) is 16.6 Å². The molecule has 3 heterocycles. The number of ketones is 1. The fraction of sp³-hybridized carbons (Fsp3) is 0.452. The quantitative estimate of drug-likeness (QED) is 0.416. The summed E-state index contributed by atoms with van der Waals surface area (Å²) in [5.74, 6) is 0.0647. The number of hydrogen-bond donors (Lipinski definition) is 0. The van der Waals surface area contributed by atoms with Crippen LogP contribution in [0, 0.1) is 6.92 Å². The molecule has 5 rings (SSSR count). The maximum absolute atomic E-state index is 13.1. The molecule has 1 unspecified atom stereocenters. The van der Waals surface area contributed by atoms with Gasteiger partial charge in [-0.1, -0.05) is 45.0 Å². The summed E-state index contributed by atoms with van der Waals surface area (Å²) < 4.78 is 7.34. The molecule has 0 amide bonds.